The molecule has 0 aromatic heterocycles. The van der Waals surface area contributed by atoms with Crippen molar-refractivity contribution >= 4 is 40.9 Å². The van der Waals surface area contributed by atoms with Crippen LogP contribution in [-0.2, 0) is 10.5 Å². The summed E-state index contributed by atoms with van der Waals surface area (Å²) in [6, 6.07) is 10.8. The Morgan fingerprint density at radius 1 is 1.12 bits per heavy atom. The highest BCUT2D eigenvalue weighted by atomic mass is 35.5. The van der Waals surface area contributed by atoms with E-state index in [1.54, 1.807) is 20.3 Å². The van der Waals surface area contributed by atoms with Gasteiger partial charge in [-0.05, 0) is 42.8 Å². The van der Waals surface area contributed by atoms with Crippen LogP contribution in [-0.4, -0.2) is 25.9 Å². The summed E-state index contributed by atoms with van der Waals surface area (Å²) in [5, 5.41) is 4.03. The third-order valence-electron chi connectivity index (χ3n) is 3.77. The third kappa shape index (κ3) is 5.73. The van der Waals surface area contributed by atoms with E-state index >= 15 is 0 Å². The molecule has 2 aromatic rings. The minimum atomic E-state index is -0.196. The summed E-state index contributed by atoms with van der Waals surface area (Å²) in [6.07, 6.45) is 0. The molecule has 26 heavy (non-hydrogen) atoms. The molecule has 0 fully saturated rings. The Kier molecular flexibility index (Phi) is 7.94. The normalized spacial score (nSPS) is 11.7. The first-order valence-electron chi connectivity index (χ1n) is 7.97. The molecule has 2 rings (SSSR count). The zero-order valence-electron chi connectivity index (χ0n) is 14.8. The Balaban J connectivity index is 1.90. The Hall–Kier alpha value is -1.56. The molecule has 2 aromatic carbocycles. The summed E-state index contributed by atoms with van der Waals surface area (Å²) in [5.74, 6) is 2.41. The Morgan fingerprint density at radius 2 is 1.88 bits per heavy atom. The largest absolute Gasteiger partial charge is 0.497 e. The molecule has 0 aliphatic rings. The lowest BCUT2D eigenvalue weighted by Crippen LogP contribution is -2.28. The van der Waals surface area contributed by atoms with Gasteiger partial charge in [-0.3, -0.25) is 4.79 Å². The molecule has 0 heterocycles. The number of ether oxygens (including phenoxy) is 2. The van der Waals surface area contributed by atoms with Crippen molar-refractivity contribution in [3.63, 3.8) is 0 Å². The zero-order chi connectivity index (χ0) is 19.1. The Labute approximate surface area is 168 Å². The van der Waals surface area contributed by atoms with E-state index in [1.807, 2.05) is 37.3 Å². The van der Waals surface area contributed by atoms with E-state index in [0.717, 1.165) is 16.9 Å². The molecule has 0 aliphatic carbocycles. The first-order chi connectivity index (χ1) is 12.4. The molecule has 4 nitrogen and oxygen atoms in total. The van der Waals surface area contributed by atoms with Gasteiger partial charge in [-0.1, -0.05) is 29.3 Å². The second kappa shape index (κ2) is 9.95. The van der Waals surface area contributed by atoms with Gasteiger partial charge in [-0.25, -0.2) is 0 Å². The molecule has 140 valence electrons. The summed E-state index contributed by atoms with van der Waals surface area (Å²) in [6.45, 7) is 1.92. The maximum Gasteiger partial charge on any atom is 0.230 e. The maximum absolute atomic E-state index is 12.2. The van der Waals surface area contributed by atoms with E-state index in [-0.39, 0.29) is 11.9 Å². The molecule has 0 aliphatic heterocycles. The molecule has 1 amide bonds. The van der Waals surface area contributed by atoms with Crippen LogP contribution in [0, 0.1) is 0 Å². The highest BCUT2D eigenvalue weighted by molar-refractivity contribution is 7.99. The quantitative estimate of drug-likeness (QED) is 0.651. The van der Waals surface area contributed by atoms with Gasteiger partial charge < -0.3 is 14.8 Å². The number of hydrogen-bond acceptors (Lipinski definition) is 4. The lowest BCUT2D eigenvalue weighted by molar-refractivity contribution is -0.119. The number of halogens is 2. The van der Waals surface area contributed by atoms with Crippen LogP contribution < -0.4 is 14.8 Å². The van der Waals surface area contributed by atoms with Gasteiger partial charge in [0.05, 0.1) is 36.1 Å². The number of rotatable bonds is 8. The number of amides is 1. The zero-order valence-corrected chi connectivity index (χ0v) is 17.2. The summed E-state index contributed by atoms with van der Waals surface area (Å²) >= 11 is 13.4. The standard InChI is InChI=1S/C19H21Cl2NO3S/c1-12(15-9-14(24-2)5-7-18(15)25-3)22-19(23)11-26-10-13-4-6-16(20)17(21)8-13/h4-9,12H,10-11H2,1-3H3,(H,22,23). The van der Waals surface area contributed by atoms with Gasteiger partial charge in [0.2, 0.25) is 5.91 Å². The van der Waals surface area contributed by atoms with Crippen molar-refractivity contribution in [2.24, 2.45) is 0 Å². The van der Waals surface area contributed by atoms with Crippen LogP contribution in [0.1, 0.15) is 24.1 Å². The van der Waals surface area contributed by atoms with Gasteiger partial charge in [0.25, 0.3) is 0 Å². The van der Waals surface area contributed by atoms with Crippen LogP contribution >= 0.6 is 35.0 Å². The van der Waals surface area contributed by atoms with Gasteiger partial charge in [0.15, 0.2) is 0 Å². The van der Waals surface area contributed by atoms with Crippen molar-refractivity contribution in [1.82, 2.24) is 5.32 Å². The molecule has 0 saturated heterocycles. The second-order valence-electron chi connectivity index (χ2n) is 5.64. The second-order valence-corrected chi connectivity index (χ2v) is 7.44. The monoisotopic (exact) mass is 413 g/mol. The van der Waals surface area contributed by atoms with Crippen molar-refractivity contribution in [3.8, 4) is 11.5 Å². The summed E-state index contributed by atoms with van der Waals surface area (Å²) in [5.41, 5.74) is 1.90. The van der Waals surface area contributed by atoms with E-state index in [4.69, 9.17) is 32.7 Å². The van der Waals surface area contributed by atoms with E-state index in [9.17, 15) is 4.79 Å². The van der Waals surface area contributed by atoms with Crippen LogP contribution in [0.5, 0.6) is 11.5 Å². The fraction of sp³-hybridized carbons (Fsp3) is 0.316. The SMILES string of the molecule is COc1ccc(OC)c(C(C)NC(=O)CSCc2ccc(Cl)c(Cl)c2)c1. The molecular weight excluding hydrogens is 393 g/mol. The van der Waals surface area contributed by atoms with Crippen LogP contribution in [0.15, 0.2) is 36.4 Å². The van der Waals surface area contributed by atoms with Crippen molar-refractivity contribution < 1.29 is 14.3 Å². The summed E-state index contributed by atoms with van der Waals surface area (Å²) in [4.78, 5) is 12.2. The summed E-state index contributed by atoms with van der Waals surface area (Å²) < 4.78 is 10.6. The fourth-order valence-electron chi connectivity index (χ4n) is 2.43. The molecule has 0 spiro atoms. The first-order valence-corrected chi connectivity index (χ1v) is 9.88. The number of carbonyl (C=O) groups is 1. The fourth-order valence-corrected chi connectivity index (χ4v) is 3.54. The van der Waals surface area contributed by atoms with Crippen LogP contribution in [0.4, 0.5) is 0 Å². The van der Waals surface area contributed by atoms with E-state index in [2.05, 4.69) is 5.32 Å². The smallest absolute Gasteiger partial charge is 0.230 e. The number of carbonyl (C=O) groups excluding carboxylic acids is 1. The lowest BCUT2D eigenvalue weighted by Gasteiger charge is -2.18. The number of methoxy groups -OCH3 is 2. The van der Waals surface area contributed by atoms with Gasteiger partial charge >= 0.3 is 0 Å². The molecule has 1 atom stereocenters. The molecule has 7 heteroatoms. The van der Waals surface area contributed by atoms with Crippen molar-refractivity contribution in [2.45, 2.75) is 18.7 Å². The molecule has 0 saturated carbocycles. The average Bonchev–Trinajstić information content (AvgIpc) is 2.64. The van der Waals surface area contributed by atoms with E-state index < -0.39 is 0 Å². The highest BCUT2D eigenvalue weighted by Gasteiger charge is 2.15. The van der Waals surface area contributed by atoms with Crippen molar-refractivity contribution in [2.75, 3.05) is 20.0 Å². The first kappa shape index (κ1) is 20.7. The minimum Gasteiger partial charge on any atom is -0.497 e. The Bertz CT molecular complexity index is 770. The van der Waals surface area contributed by atoms with Crippen LogP contribution in [0.25, 0.3) is 0 Å². The van der Waals surface area contributed by atoms with Crippen LogP contribution in [0.3, 0.4) is 0 Å². The van der Waals surface area contributed by atoms with Gasteiger partial charge in [0.1, 0.15) is 11.5 Å². The van der Waals surface area contributed by atoms with Gasteiger partial charge in [-0.15, -0.1) is 11.8 Å². The topological polar surface area (TPSA) is 47.6 Å². The third-order valence-corrected chi connectivity index (χ3v) is 5.51. The van der Waals surface area contributed by atoms with E-state index in [0.29, 0.717) is 27.3 Å². The molecule has 1 N–H and O–H groups in total. The van der Waals surface area contributed by atoms with Gasteiger partial charge in [0, 0.05) is 11.3 Å². The predicted molar refractivity (Wildman–Crippen MR) is 109 cm³/mol. The predicted octanol–water partition coefficient (Wildman–Crippen LogP) is 5.12. The van der Waals surface area contributed by atoms with Crippen molar-refractivity contribution in [3.05, 3.63) is 57.6 Å². The highest BCUT2D eigenvalue weighted by Crippen LogP contribution is 2.29. The number of nitrogens with one attached hydrogen (secondary N) is 1. The molecule has 1 unspecified atom stereocenters. The molecule has 0 radical (unpaired) electrons. The van der Waals surface area contributed by atoms with Crippen LogP contribution in [0.2, 0.25) is 10.0 Å². The number of thioether (sulfide) groups is 1. The average molecular weight is 414 g/mol. The van der Waals surface area contributed by atoms with Gasteiger partial charge in [-0.2, -0.15) is 0 Å². The number of benzene rings is 2. The summed E-state index contributed by atoms with van der Waals surface area (Å²) in [7, 11) is 3.21. The lowest BCUT2D eigenvalue weighted by atomic mass is 10.1. The van der Waals surface area contributed by atoms with Crippen molar-refractivity contribution in [1.29, 1.82) is 0 Å². The maximum atomic E-state index is 12.2. The minimum absolute atomic E-state index is 0.0487. The molecule has 0 bridgehead atoms. The van der Waals surface area contributed by atoms with E-state index in [1.165, 1.54) is 11.8 Å². The Morgan fingerprint density at radius 3 is 2.54 bits per heavy atom. The number of hydrogen-bond donors (Lipinski definition) is 1. The molecular formula is C19H21Cl2NO3S.